The monoisotopic (exact) mass is 515 g/mol. The average Bonchev–Trinajstić information content (AvgIpc) is 2.75. The summed E-state index contributed by atoms with van der Waals surface area (Å²) < 4.78 is 69.6. The van der Waals surface area contributed by atoms with Gasteiger partial charge in [-0.05, 0) is 23.8 Å². The van der Waals surface area contributed by atoms with E-state index in [0.29, 0.717) is 11.2 Å². The number of methoxy groups -OCH3 is 4. The zero-order valence-corrected chi connectivity index (χ0v) is 20.5. The first-order valence-electron chi connectivity index (χ1n) is 9.50. The van der Waals surface area contributed by atoms with Crippen molar-refractivity contribution in [3.63, 3.8) is 0 Å². The molecular formula is C21H25NO10S2. The lowest BCUT2D eigenvalue weighted by molar-refractivity contribution is -0.136. The first kappa shape index (κ1) is 27.0. The molecule has 1 atom stereocenters. The van der Waals surface area contributed by atoms with Crippen molar-refractivity contribution in [3.8, 4) is 23.0 Å². The van der Waals surface area contributed by atoms with Crippen molar-refractivity contribution in [2.75, 3.05) is 28.4 Å². The molecule has 0 aliphatic carbocycles. The van der Waals surface area contributed by atoms with Gasteiger partial charge in [0, 0.05) is 23.1 Å². The maximum Gasteiger partial charge on any atom is 0.307 e. The molecule has 186 valence electrons. The van der Waals surface area contributed by atoms with Crippen molar-refractivity contribution >= 4 is 31.9 Å². The fourth-order valence-electron chi connectivity index (χ4n) is 3.24. The third-order valence-electron chi connectivity index (χ3n) is 4.69. The summed E-state index contributed by atoms with van der Waals surface area (Å²) in [5, 5.41) is 15.1. The second kappa shape index (κ2) is 10.8. The van der Waals surface area contributed by atoms with Gasteiger partial charge in [-0.3, -0.25) is 4.79 Å². The molecule has 0 spiro atoms. The van der Waals surface area contributed by atoms with E-state index in [1.165, 1.54) is 52.7 Å². The molecule has 0 radical (unpaired) electrons. The van der Waals surface area contributed by atoms with E-state index in [-0.39, 0.29) is 33.9 Å². The lowest BCUT2D eigenvalue weighted by Gasteiger charge is -2.17. The second-order valence-electron chi connectivity index (χ2n) is 6.90. The summed E-state index contributed by atoms with van der Waals surface area (Å²) >= 11 is 0. The van der Waals surface area contributed by atoms with Gasteiger partial charge in [0.05, 0.1) is 40.4 Å². The van der Waals surface area contributed by atoms with E-state index in [4.69, 9.17) is 29.2 Å². The summed E-state index contributed by atoms with van der Waals surface area (Å²) in [7, 11) is -3.84. The van der Waals surface area contributed by atoms with E-state index in [1.807, 2.05) is 0 Å². The maximum atomic E-state index is 13.2. The van der Waals surface area contributed by atoms with Crippen molar-refractivity contribution in [1.29, 1.82) is 0 Å². The van der Waals surface area contributed by atoms with Crippen LogP contribution < -0.4 is 24.1 Å². The molecule has 0 aliphatic rings. The first-order chi connectivity index (χ1) is 15.9. The zero-order chi connectivity index (χ0) is 25.7. The maximum absolute atomic E-state index is 13.2. The molecular weight excluding hydrogens is 490 g/mol. The fraction of sp³-hybridized carbons (Fsp3) is 0.286. The summed E-state index contributed by atoms with van der Waals surface area (Å²) in [5.41, 5.74) is 0.0560. The Bertz CT molecular complexity index is 1280. The number of carboxylic acid groups (broad SMARTS) is 1. The SMILES string of the molecule is COc1cc(OC)c(/C=C/S(=O)(=O)C(c2ccc(OC)c(CC(=O)O)c2)S(N)(=O)=O)c(OC)c1. The minimum atomic E-state index is -4.70. The number of sulfonamides is 1. The van der Waals surface area contributed by atoms with E-state index in [1.54, 1.807) is 0 Å². The van der Waals surface area contributed by atoms with Crippen LogP contribution in [0, 0.1) is 0 Å². The highest BCUT2D eigenvalue weighted by Gasteiger charge is 2.36. The molecule has 0 heterocycles. The number of rotatable bonds is 11. The molecule has 0 amide bonds. The number of hydrogen-bond donors (Lipinski definition) is 2. The Morgan fingerprint density at radius 2 is 1.50 bits per heavy atom. The second-order valence-corrected chi connectivity index (χ2v) is 10.8. The first-order valence-corrected chi connectivity index (χ1v) is 12.7. The van der Waals surface area contributed by atoms with Crippen molar-refractivity contribution in [1.82, 2.24) is 0 Å². The minimum absolute atomic E-state index is 0.0822. The van der Waals surface area contributed by atoms with Gasteiger partial charge in [0.2, 0.25) is 14.6 Å². The Morgan fingerprint density at radius 1 is 0.941 bits per heavy atom. The lowest BCUT2D eigenvalue weighted by atomic mass is 10.1. The van der Waals surface area contributed by atoms with E-state index >= 15 is 0 Å². The Balaban J connectivity index is 2.65. The van der Waals surface area contributed by atoms with Crippen LogP contribution in [0.2, 0.25) is 0 Å². The molecule has 13 heteroatoms. The molecule has 34 heavy (non-hydrogen) atoms. The number of benzene rings is 2. The Morgan fingerprint density at radius 3 is 1.94 bits per heavy atom. The topological polar surface area (TPSA) is 169 Å². The van der Waals surface area contributed by atoms with Crippen LogP contribution >= 0.6 is 0 Å². The molecule has 1 unspecified atom stereocenters. The molecule has 0 saturated carbocycles. The predicted octanol–water partition coefficient (Wildman–Crippen LogP) is 1.72. The number of carbonyl (C=O) groups is 1. The van der Waals surface area contributed by atoms with Crippen LogP contribution in [0.15, 0.2) is 35.7 Å². The molecule has 2 rings (SSSR count). The van der Waals surface area contributed by atoms with Crippen LogP contribution in [0.5, 0.6) is 23.0 Å². The Hall–Kier alpha value is -3.29. The third kappa shape index (κ3) is 6.18. The third-order valence-corrected chi connectivity index (χ3v) is 8.56. The predicted molar refractivity (Wildman–Crippen MR) is 124 cm³/mol. The molecule has 0 saturated heterocycles. The molecule has 0 fully saturated rings. The Labute approximate surface area is 197 Å². The summed E-state index contributed by atoms with van der Waals surface area (Å²) in [6.45, 7) is 0. The molecule has 11 nitrogen and oxygen atoms in total. The van der Waals surface area contributed by atoms with Crippen LogP contribution in [0.3, 0.4) is 0 Å². The summed E-state index contributed by atoms with van der Waals surface area (Å²) in [6.07, 6.45) is 0.594. The highest BCUT2D eigenvalue weighted by molar-refractivity contribution is 8.08. The smallest absolute Gasteiger partial charge is 0.307 e. The number of hydrogen-bond acceptors (Lipinski definition) is 9. The van der Waals surface area contributed by atoms with Gasteiger partial charge >= 0.3 is 5.97 Å². The molecule has 3 N–H and O–H groups in total. The zero-order valence-electron chi connectivity index (χ0n) is 18.8. The lowest BCUT2D eigenvalue weighted by Crippen LogP contribution is -2.27. The number of carboxylic acids is 1. The summed E-state index contributed by atoms with van der Waals surface area (Å²) in [5.74, 6) is -0.254. The van der Waals surface area contributed by atoms with Gasteiger partial charge in [0.1, 0.15) is 23.0 Å². The van der Waals surface area contributed by atoms with Gasteiger partial charge in [-0.2, -0.15) is 0 Å². The normalized spacial score (nSPS) is 12.9. The number of aliphatic carboxylic acids is 1. The average molecular weight is 516 g/mol. The van der Waals surface area contributed by atoms with Crippen LogP contribution in [0.4, 0.5) is 0 Å². The largest absolute Gasteiger partial charge is 0.496 e. The molecule has 0 bridgehead atoms. The summed E-state index contributed by atoms with van der Waals surface area (Å²) in [4.78, 5) is 11.2. The van der Waals surface area contributed by atoms with E-state index < -0.39 is 36.8 Å². The van der Waals surface area contributed by atoms with Gasteiger partial charge in [0.15, 0.2) is 9.84 Å². The van der Waals surface area contributed by atoms with Crippen LogP contribution in [0.1, 0.15) is 21.3 Å². The van der Waals surface area contributed by atoms with E-state index in [2.05, 4.69) is 0 Å². The van der Waals surface area contributed by atoms with Gasteiger partial charge in [0.25, 0.3) is 0 Å². The molecule has 0 aromatic heterocycles. The highest BCUT2D eigenvalue weighted by Crippen LogP contribution is 2.37. The van der Waals surface area contributed by atoms with Crippen LogP contribution in [-0.4, -0.2) is 56.4 Å². The highest BCUT2D eigenvalue weighted by atomic mass is 32.3. The van der Waals surface area contributed by atoms with E-state index in [9.17, 15) is 21.6 Å². The number of sulfone groups is 1. The fourth-order valence-corrected chi connectivity index (χ4v) is 6.45. The molecule has 2 aromatic rings. The van der Waals surface area contributed by atoms with Crippen LogP contribution in [-0.2, 0) is 31.1 Å². The number of primary sulfonamides is 1. The quantitative estimate of drug-likeness (QED) is 0.449. The van der Waals surface area contributed by atoms with Gasteiger partial charge in [-0.1, -0.05) is 6.07 Å². The number of nitrogens with two attached hydrogens (primary N) is 1. The van der Waals surface area contributed by atoms with Gasteiger partial charge in [-0.15, -0.1) is 0 Å². The van der Waals surface area contributed by atoms with Crippen molar-refractivity contribution in [2.24, 2.45) is 5.14 Å². The molecule has 2 aromatic carbocycles. The standard InChI is InChI=1S/C21H25NO10S2/c1-29-15-11-18(31-3)16(19(12-15)32-4)7-8-33(25,26)21(34(22,27)28)13-5-6-17(30-2)14(9-13)10-20(23)24/h5-9,11-12,21H,10H2,1-4H3,(H,23,24)(H2,22,27,28)/b8-7+. The van der Waals surface area contributed by atoms with E-state index in [0.717, 1.165) is 12.1 Å². The minimum Gasteiger partial charge on any atom is -0.496 e. The Kier molecular flexibility index (Phi) is 8.53. The van der Waals surface area contributed by atoms with Crippen molar-refractivity contribution < 1.29 is 45.7 Å². The van der Waals surface area contributed by atoms with Crippen molar-refractivity contribution in [2.45, 2.75) is 11.0 Å². The number of ether oxygens (including phenoxy) is 4. The van der Waals surface area contributed by atoms with Gasteiger partial charge in [-0.25, -0.2) is 22.0 Å². The van der Waals surface area contributed by atoms with Gasteiger partial charge < -0.3 is 24.1 Å². The van der Waals surface area contributed by atoms with Crippen LogP contribution in [0.25, 0.3) is 6.08 Å². The molecule has 0 aliphatic heterocycles. The summed E-state index contributed by atoms with van der Waals surface area (Å²) in [6, 6.07) is 6.59. The van der Waals surface area contributed by atoms with Crippen molar-refractivity contribution in [3.05, 3.63) is 52.4 Å².